The monoisotopic (exact) mass is 239 g/mol. The Morgan fingerprint density at radius 2 is 1.73 bits per heavy atom. The van der Waals surface area contributed by atoms with E-state index in [-0.39, 0.29) is 5.82 Å². The molecule has 0 saturated heterocycles. The van der Waals surface area contributed by atoms with Crippen LogP contribution in [0.2, 0.25) is 10.0 Å². The molecule has 0 nitrogen and oxygen atoms in total. The molecule has 3 heteroatoms. The molecule has 0 heterocycles. The summed E-state index contributed by atoms with van der Waals surface area (Å²) in [5.41, 5.74) is 1.50. The first-order chi connectivity index (χ1) is 7.18. The summed E-state index contributed by atoms with van der Waals surface area (Å²) in [5, 5.41) is 0.897. The Balaban J connectivity index is 2.60. The first kappa shape index (κ1) is 10.5. The number of hydrogen-bond acceptors (Lipinski definition) is 0. The summed E-state index contributed by atoms with van der Waals surface area (Å²) in [6.07, 6.45) is 0. The van der Waals surface area contributed by atoms with Gasteiger partial charge in [0.2, 0.25) is 0 Å². The van der Waals surface area contributed by atoms with Crippen LogP contribution in [-0.2, 0) is 0 Å². The molecule has 0 unspecified atom stereocenters. The number of halogens is 3. The second-order valence-corrected chi connectivity index (χ2v) is 3.84. The van der Waals surface area contributed by atoms with Gasteiger partial charge in [0.05, 0.1) is 5.02 Å². The molecule has 0 saturated carbocycles. The van der Waals surface area contributed by atoms with Gasteiger partial charge in [0, 0.05) is 16.1 Å². The van der Waals surface area contributed by atoms with E-state index in [9.17, 15) is 4.39 Å². The zero-order valence-corrected chi connectivity index (χ0v) is 9.11. The predicted molar refractivity (Wildman–Crippen MR) is 60.7 cm³/mol. The summed E-state index contributed by atoms with van der Waals surface area (Å²) >= 11 is 11.9. The molecule has 2 aromatic rings. The smallest absolute Gasteiger partial charge is 0.124 e. The van der Waals surface area contributed by atoms with Crippen LogP contribution in [-0.4, -0.2) is 0 Å². The van der Waals surface area contributed by atoms with Crippen LogP contribution in [0.1, 0.15) is 0 Å². The summed E-state index contributed by atoms with van der Waals surface area (Å²) in [4.78, 5) is 0. The maximum absolute atomic E-state index is 12.8. The van der Waals surface area contributed by atoms with Crippen molar-refractivity contribution in [3.8, 4) is 11.1 Å². The van der Waals surface area contributed by atoms with Crippen LogP contribution >= 0.6 is 23.2 Å². The van der Waals surface area contributed by atoms with Crippen molar-refractivity contribution in [3.63, 3.8) is 0 Å². The molecular formula is C12H6Cl2F. The second kappa shape index (κ2) is 4.21. The highest BCUT2D eigenvalue weighted by Gasteiger charge is 2.07. The van der Waals surface area contributed by atoms with E-state index in [1.54, 1.807) is 24.3 Å². The molecule has 2 rings (SSSR count). The first-order valence-corrected chi connectivity index (χ1v) is 5.05. The summed E-state index contributed by atoms with van der Waals surface area (Å²) in [7, 11) is 0. The van der Waals surface area contributed by atoms with E-state index in [1.807, 2.05) is 0 Å². The maximum Gasteiger partial charge on any atom is 0.124 e. The highest BCUT2D eigenvalue weighted by atomic mass is 35.5. The fourth-order valence-corrected chi connectivity index (χ4v) is 1.83. The summed E-state index contributed by atoms with van der Waals surface area (Å²) in [6.45, 7) is 0. The third kappa shape index (κ3) is 2.14. The Labute approximate surface area is 97.3 Å². The fourth-order valence-electron chi connectivity index (χ4n) is 1.34. The zero-order valence-electron chi connectivity index (χ0n) is 7.60. The molecule has 0 bridgehead atoms. The van der Waals surface area contributed by atoms with Crippen molar-refractivity contribution in [1.29, 1.82) is 0 Å². The lowest BCUT2D eigenvalue weighted by Gasteiger charge is -2.06. The standard InChI is InChI=1S/C12H6Cl2F/c13-11-4-2-1-3-9(11)10-6-5-8(15)7-12(10)14/h1,3-7H. The van der Waals surface area contributed by atoms with Gasteiger partial charge in [-0.2, -0.15) is 0 Å². The summed E-state index contributed by atoms with van der Waals surface area (Å²) in [6, 6.07) is 12.3. The Hall–Kier alpha value is -1.05. The minimum atomic E-state index is -0.359. The van der Waals surface area contributed by atoms with Crippen LogP contribution in [0.15, 0.2) is 36.4 Å². The molecule has 0 fully saturated rings. The van der Waals surface area contributed by atoms with E-state index in [1.165, 1.54) is 12.1 Å². The maximum atomic E-state index is 12.8. The van der Waals surface area contributed by atoms with E-state index in [0.29, 0.717) is 10.0 Å². The SMILES string of the molecule is Fc1ccc(-c2cc[c]cc2Cl)c(Cl)c1. The van der Waals surface area contributed by atoms with Gasteiger partial charge in [0.25, 0.3) is 0 Å². The highest BCUT2D eigenvalue weighted by Crippen LogP contribution is 2.33. The van der Waals surface area contributed by atoms with Crippen molar-refractivity contribution in [3.05, 3.63) is 58.3 Å². The molecule has 15 heavy (non-hydrogen) atoms. The highest BCUT2D eigenvalue weighted by molar-refractivity contribution is 6.36. The quantitative estimate of drug-likeness (QED) is 0.683. The minimum absolute atomic E-state index is 0.350. The fraction of sp³-hybridized carbons (Fsp3) is 0. The third-order valence-electron chi connectivity index (χ3n) is 2.03. The van der Waals surface area contributed by atoms with Gasteiger partial charge in [-0.25, -0.2) is 4.39 Å². The van der Waals surface area contributed by atoms with Crippen LogP contribution in [0.3, 0.4) is 0 Å². The van der Waals surface area contributed by atoms with Crippen LogP contribution in [0.4, 0.5) is 4.39 Å². The Bertz CT molecular complexity index is 495. The lowest BCUT2D eigenvalue weighted by atomic mass is 10.1. The van der Waals surface area contributed by atoms with Crippen molar-refractivity contribution < 1.29 is 4.39 Å². The van der Waals surface area contributed by atoms with Crippen LogP contribution < -0.4 is 0 Å². The third-order valence-corrected chi connectivity index (χ3v) is 2.66. The van der Waals surface area contributed by atoms with E-state index in [4.69, 9.17) is 23.2 Å². The van der Waals surface area contributed by atoms with Crippen molar-refractivity contribution in [2.45, 2.75) is 0 Å². The van der Waals surface area contributed by atoms with Gasteiger partial charge in [-0.3, -0.25) is 0 Å². The van der Waals surface area contributed by atoms with Gasteiger partial charge < -0.3 is 0 Å². The Morgan fingerprint density at radius 1 is 1.00 bits per heavy atom. The summed E-state index contributed by atoms with van der Waals surface area (Å²) in [5.74, 6) is -0.359. The molecule has 0 amide bonds. The van der Waals surface area contributed by atoms with Crippen molar-refractivity contribution >= 4 is 23.2 Å². The summed E-state index contributed by atoms with van der Waals surface area (Å²) < 4.78 is 12.8. The van der Waals surface area contributed by atoms with E-state index >= 15 is 0 Å². The van der Waals surface area contributed by atoms with Crippen molar-refractivity contribution in [2.24, 2.45) is 0 Å². The molecule has 0 aliphatic rings. The lowest BCUT2D eigenvalue weighted by Crippen LogP contribution is -1.82. The van der Waals surface area contributed by atoms with Crippen LogP contribution in [0.25, 0.3) is 11.1 Å². The molecular weight excluding hydrogens is 234 g/mol. The normalized spacial score (nSPS) is 10.3. The second-order valence-electron chi connectivity index (χ2n) is 3.03. The predicted octanol–water partition coefficient (Wildman–Crippen LogP) is 4.60. The molecule has 75 valence electrons. The van der Waals surface area contributed by atoms with E-state index < -0.39 is 0 Å². The molecule has 0 N–H and O–H groups in total. The number of benzene rings is 2. The first-order valence-electron chi connectivity index (χ1n) is 4.29. The average Bonchev–Trinajstić information content (AvgIpc) is 2.20. The lowest BCUT2D eigenvalue weighted by molar-refractivity contribution is 0.628. The minimum Gasteiger partial charge on any atom is -0.207 e. The Kier molecular flexibility index (Phi) is 2.94. The van der Waals surface area contributed by atoms with Crippen molar-refractivity contribution in [1.82, 2.24) is 0 Å². The number of rotatable bonds is 1. The largest absolute Gasteiger partial charge is 0.207 e. The molecule has 2 aromatic carbocycles. The number of hydrogen-bond donors (Lipinski definition) is 0. The van der Waals surface area contributed by atoms with Gasteiger partial charge in [0.15, 0.2) is 0 Å². The molecule has 0 aromatic heterocycles. The van der Waals surface area contributed by atoms with Gasteiger partial charge in [-0.05, 0) is 30.3 Å². The van der Waals surface area contributed by atoms with Crippen LogP contribution in [0.5, 0.6) is 0 Å². The van der Waals surface area contributed by atoms with Crippen molar-refractivity contribution in [2.75, 3.05) is 0 Å². The topological polar surface area (TPSA) is 0 Å². The Morgan fingerprint density at radius 3 is 2.40 bits per heavy atom. The van der Waals surface area contributed by atoms with Crippen LogP contribution in [0, 0.1) is 11.9 Å². The van der Waals surface area contributed by atoms with Gasteiger partial charge in [-0.15, -0.1) is 0 Å². The van der Waals surface area contributed by atoms with Gasteiger partial charge in [0.1, 0.15) is 5.82 Å². The molecule has 0 spiro atoms. The van der Waals surface area contributed by atoms with E-state index in [0.717, 1.165) is 11.1 Å². The zero-order chi connectivity index (χ0) is 10.8. The molecule has 0 aliphatic carbocycles. The van der Waals surface area contributed by atoms with Gasteiger partial charge >= 0.3 is 0 Å². The molecule has 1 radical (unpaired) electrons. The van der Waals surface area contributed by atoms with E-state index in [2.05, 4.69) is 6.07 Å². The van der Waals surface area contributed by atoms with Gasteiger partial charge in [-0.1, -0.05) is 35.3 Å². The molecule has 0 atom stereocenters. The molecule has 0 aliphatic heterocycles. The average molecular weight is 240 g/mol.